The molecule has 0 radical (unpaired) electrons. The van der Waals surface area contributed by atoms with Crippen LogP contribution in [0, 0.1) is 11.8 Å². The minimum Gasteiger partial charge on any atom is -0.495 e. The van der Waals surface area contributed by atoms with Gasteiger partial charge in [0.15, 0.2) is 0 Å². The number of hydrogen-bond acceptors (Lipinski definition) is 1. The van der Waals surface area contributed by atoms with Crippen LogP contribution in [0.25, 0.3) is 0 Å². The lowest BCUT2D eigenvalue weighted by Crippen LogP contribution is -1.87. The van der Waals surface area contributed by atoms with Crippen LogP contribution in [0.1, 0.15) is 5.56 Å². The van der Waals surface area contributed by atoms with Gasteiger partial charge in [0.2, 0.25) is 0 Å². The van der Waals surface area contributed by atoms with E-state index in [1.54, 1.807) is 7.11 Å². The highest BCUT2D eigenvalue weighted by Gasteiger charge is 1.99. The molecule has 0 unspecified atom stereocenters. The molecule has 0 amide bonds. The molecule has 0 saturated carbocycles. The van der Waals surface area contributed by atoms with Gasteiger partial charge in [-0.2, -0.15) is 0 Å². The molecule has 1 aromatic carbocycles. The molecule has 0 bridgehead atoms. The van der Waals surface area contributed by atoms with Crippen molar-refractivity contribution < 1.29 is 4.74 Å². The van der Waals surface area contributed by atoms with E-state index in [4.69, 9.17) is 16.3 Å². The molecule has 13 heavy (non-hydrogen) atoms. The Hall–Kier alpha value is -0.650. The lowest BCUT2D eigenvalue weighted by Gasteiger charge is -2.02. The van der Waals surface area contributed by atoms with Gasteiger partial charge in [-0.1, -0.05) is 27.8 Å². The smallest absolute Gasteiger partial charge is 0.135 e. The van der Waals surface area contributed by atoms with Gasteiger partial charge in [-0.15, -0.1) is 11.6 Å². The van der Waals surface area contributed by atoms with Crippen LogP contribution in [-0.4, -0.2) is 13.0 Å². The average molecular weight is 260 g/mol. The molecule has 3 heteroatoms. The fourth-order valence-electron chi connectivity index (χ4n) is 0.897. The topological polar surface area (TPSA) is 9.23 Å². The molecular formula is C10H8BrClO. The minimum atomic E-state index is 0.333. The monoisotopic (exact) mass is 258 g/mol. The molecule has 0 N–H and O–H groups in total. The Morgan fingerprint density at radius 1 is 1.54 bits per heavy atom. The van der Waals surface area contributed by atoms with Crippen LogP contribution >= 0.6 is 27.5 Å². The van der Waals surface area contributed by atoms with E-state index in [2.05, 4.69) is 27.8 Å². The second-order valence-electron chi connectivity index (χ2n) is 2.28. The summed E-state index contributed by atoms with van der Waals surface area (Å²) < 4.78 is 6.12. The molecule has 0 fully saturated rings. The summed E-state index contributed by atoms with van der Waals surface area (Å²) in [5.74, 6) is 6.78. The van der Waals surface area contributed by atoms with Crippen molar-refractivity contribution in [2.75, 3.05) is 13.0 Å². The molecule has 1 rings (SSSR count). The van der Waals surface area contributed by atoms with Crippen LogP contribution in [0.15, 0.2) is 22.7 Å². The van der Waals surface area contributed by atoms with Gasteiger partial charge in [0.1, 0.15) is 5.75 Å². The van der Waals surface area contributed by atoms with Crippen LogP contribution < -0.4 is 4.74 Å². The van der Waals surface area contributed by atoms with E-state index in [1.165, 1.54) is 0 Å². The number of halogens is 2. The van der Waals surface area contributed by atoms with Crippen LogP contribution in [0.2, 0.25) is 0 Å². The standard InChI is InChI=1S/C10H8BrClO/c1-13-10-7-9(11)5-4-8(10)3-2-6-12/h4-5,7H,6H2,1H3. The summed E-state index contributed by atoms with van der Waals surface area (Å²) >= 11 is 8.81. The largest absolute Gasteiger partial charge is 0.495 e. The Morgan fingerprint density at radius 3 is 2.92 bits per heavy atom. The van der Waals surface area contributed by atoms with E-state index in [0.29, 0.717) is 5.88 Å². The van der Waals surface area contributed by atoms with Crippen LogP contribution in [0.3, 0.4) is 0 Å². The van der Waals surface area contributed by atoms with Crippen molar-refractivity contribution in [3.63, 3.8) is 0 Å². The van der Waals surface area contributed by atoms with Crippen LogP contribution in [0.4, 0.5) is 0 Å². The number of ether oxygens (including phenoxy) is 1. The van der Waals surface area contributed by atoms with Gasteiger partial charge in [-0.25, -0.2) is 0 Å². The molecule has 0 heterocycles. The lowest BCUT2D eigenvalue weighted by molar-refractivity contribution is 0.413. The summed E-state index contributed by atoms with van der Waals surface area (Å²) in [7, 11) is 1.62. The van der Waals surface area contributed by atoms with Crippen molar-refractivity contribution in [1.29, 1.82) is 0 Å². The third-order valence-electron chi connectivity index (χ3n) is 1.45. The van der Waals surface area contributed by atoms with E-state index >= 15 is 0 Å². The second-order valence-corrected chi connectivity index (χ2v) is 3.46. The highest BCUT2D eigenvalue weighted by atomic mass is 79.9. The lowest BCUT2D eigenvalue weighted by atomic mass is 10.2. The molecule has 0 saturated heterocycles. The van der Waals surface area contributed by atoms with Crippen LogP contribution in [0.5, 0.6) is 5.75 Å². The first kappa shape index (κ1) is 10.4. The number of hydrogen-bond donors (Lipinski definition) is 0. The number of methoxy groups -OCH3 is 1. The predicted octanol–water partition coefficient (Wildman–Crippen LogP) is 3.05. The van der Waals surface area contributed by atoms with Crippen molar-refractivity contribution in [3.8, 4) is 17.6 Å². The van der Waals surface area contributed by atoms with Crippen molar-refractivity contribution in [2.24, 2.45) is 0 Å². The highest BCUT2D eigenvalue weighted by molar-refractivity contribution is 9.10. The van der Waals surface area contributed by atoms with E-state index in [1.807, 2.05) is 18.2 Å². The summed E-state index contributed by atoms with van der Waals surface area (Å²) in [6, 6.07) is 5.68. The van der Waals surface area contributed by atoms with Crippen molar-refractivity contribution in [3.05, 3.63) is 28.2 Å². The normalized spacial score (nSPS) is 8.85. The molecular weight excluding hydrogens is 251 g/mol. The van der Waals surface area contributed by atoms with Crippen molar-refractivity contribution in [1.82, 2.24) is 0 Å². The zero-order valence-electron chi connectivity index (χ0n) is 7.10. The van der Waals surface area contributed by atoms with Gasteiger partial charge >= 0.3 is 0 Å². The zero-order chi connectivity index (χ0) is 9.68. The fourth-order valence-corrected chi connectivity index (χ4v) is 1.30. The molecule has 0 aliphatic rings. The Bertz CT molecular complexity index is 352. The zero-order valence-corrected chi connectivity index (χ0v) is 9.45. The molecule has 68 valence electrons. The van der Waals surface area contributed by atoms with Gasteiger partial charge < -0.3 is 4.74 Å². The predicted molar refractivity (Wildman–Crippen MR) is 58.3 cm³/mol. The SMILES string of the molecule is COc1cc(Br)ccc1C#CCCl. The Labute approximate surface area is 91.2 Å². The molecule has 1 nitrogen and oxygen atoms in total. The summed E-state index contributed by atoms with van der Waals surface area (Å²) in [4.78, 5) is 0. The maximum absolute atomic E-state index is 5.45. The quantitative estimate of drug-likeness (QED) is 0.556. The number of benzene rings is 1. The van der Waals surface area contributed by atoms with Gasteiger partial charge in [-0.3, -0.25) is 0 Å². The van der Waals surface area contributed by atoms with E-state index in [-0.39, 0.29) is 0 Å². The average Bonchev–Trinajstić information content (AvgIpc) is 2.16. The summed E-state index contributed by atoms with van der Waals surface area (Å²) in [6.07, 6.45) is 0. The maximum Gasteiger partial charge on any atom is 0.135 e. The highest BCUT2D eigenvalue weighted by Crippen LogP contribution is 2.22. The molecule has 0 spiro atoms. The summed E-state index contributed by atoms with van der Waals surface area (Å²) in [6.45, 7) is 0. The molecule has 0 aliphatic carbocycles. The second kappa shape index (κ2) is 5.16. The van der Waals surface area contributed by atoms with E-state index < -0.39 is 0 Å². The number of rotatable bonds is 1. The third kappa shape index (κ3) is 2.95. The first-order valence-corrected chi connectivity index (χ1v) is 4.99. The minimum absolute atomic E-state index is 0.333. The Balaban J connectivity index is 3.06. The summed E-state index contributed by atoms with van der Waals surface area (Å²) in [5, 5.41) is 0. The third-order valence-corrected chi connectivity index (χ3v) is 2.08. The molecule has 0 atom stereocenters. The molecule has 1 aromatic rings. The summed E-state index contributed by atoms with van der Waals surface area (Å²) in [5.41, 5.74) is 0.853. The van der Waals surface area contributed by atoms with Crippen LogP contribution in [-0.2, 0) is 0 Å². The number of alkyl halides is 1. The van der Waals surface area contributed by atoms with Crippen molar-refractivity contribution in [2.45, 2.75) is 0 Å². The van der Waals surface area contributed by atoms with Gasteiger partial charge in [0.05, 0.1) is 18.6 Å². The van der Waals surface area contributed by atoms with Crippen molar-refractivity contribution >= 4 is 27.5 Å². The van der Waals surface area contributed by atoms with Gasteiger partial charge in [-0.05, 0) is 18.2 Å². The van der Waals surface area contributed by atoms with E-state index in [9.17, 15) is 0 Å². The first-order valence-electron chi connectivity index (χ1n) is 3.66. The molecule has 0 aliphatic heterocycles. The van der Waals surface area contributed by atoms with Gasteiger partial charge in [0, 0.05) is 4.47 Å². The Morgan fingerprint density at radius 2 is 2.31 bits per heavy atom. The Kier molecular flexibility index (Phi) is 4.14. The van der Waals surface area contributed by atoms with E-state index in [0.717, 1.165) is 15.8 Å². The maximum atomic E-state index is 5.45. The van der Waals surface area contributed by atoms with Gasteiger partial charge in [0.25, 0.3) is 0 Å². The molecule has 0 aromatic heterocycles. The first-order chi connectivity index (χ1) is 6.27. The fraction of sp³-hybridized carbons (Fsp3) is 0.200.